The number of hydrogen-bond donors (Lipinski definition) is 1. The SMILES string of the molecule is CCC(C(=O)Nc1sc2c(c1C(=O)C1CC1)CCC2)N1CCCC1=O. The van der Waals surface area contributed by atoms with Crippen LogP contribution in [-0.2, 0) is 22.4 Å². The van der Waals surface area contributed by atoms with Gasteiger partial charge in [0.1, 0.15) is 11.0 Å². The molecule has 1 aliphatic heterocycles. The third kappa shape index (κ3) is 3.01. The first kappa shape index (κ1) is 16.8. The first-order valence-electron chi connectivity index (χ1n) is 9.39. The average molecular weight is 360 g/mol. The first-order chi connectivity index (χ1) is 12.1. The summed E-state index contributed by atoms with van der Waals surface area (Å²) < 4.78 is 0. The van der Waals surface area contributed by atoms with Crippen LogP contribution in [0.15, 0.2) is 0 Å². The second kappa shape index (κ2) is 6.56. The average Bonchev–Trinajstić information content (AvgIpc) is 3.07. The third-order valence-corrected chi connectivity index (χ3v) is 6.74. The van der Waals surface area contributed by atoms with E-state index in [-0.39, 0.29) is 23.5 Å². The van der Waals surface area contributed by atoms with Crippen molar-refractivity contribution in [2.75, 3.05) is 11.9 Å². The second-order valence-electron chi connectivity index (χ2n) is 7.30. The van der Waals surface area contributed by atoms with Crippen molar-refractivity contribution in [1.29, 1.82) is 0 Å². The third-order valence-electron chi connectivity index (χ3n) is 5.53. The number of carbonyl (C=O) groups excluding carboxylic acids is 3. The number of fused-ring (bicyclic) bond motifs is 1. The zero-order valence-corrected chi connectivity index (χ0v) is 15.4. The molecule has 2 heterocycles. The van der Waals surface area contributed by atoms with Crippen molar-refractivity contribution in [1.82, 2.24) is 4.90 Å². The van der Waals surface area contributed by atoms with Crippen LogP contribution in [0.5, 0.6) is 0 Å². The highest BCUT2D eigenvalue weighted by molar-refractivity contribution is 7.17. The summed E-state index contributed by atoms with van der Waals surface area (Å²) in [6.45, 7) is 2.58. The highest BCUT2D eigenvalue weighted by atomic mass is 32.1. The summed E-state index contributed by atoms with van der Waals surface area (Å²) in [5.74, 6) is 0.268. The Kier molecular flexibility index (Phi) is 4.40. The van der Waals surface area contributed by atoms with E-state index in [4.69, 9.17) is 0 Å². The van der Waals surface area contributed by atoms with Gasteiger partial charge in [0.15, 0.2) is 5.78 Å². The zero-order chi connectivity index (χ0) is 17.6. The number of nitrogens with one attached hydrogen (secondary N) is 1. The quantitative estimate of drug-likeness (QED) is 0.793. The van der Waals surface area contributed by atoms with Gasteiger partial charge in [0.05, 0.1) is 5.56 Å². The van der Waals surface area contributed by atoms with E-state index in [1.807, 2.05) is 6.92 Å². The molecule has 2 fully saturated rings. The second-order valence-corrected chi connectivity index (χ2v) is 8.41. The fraction of sp³-hybridized carbons (Fsp3) is 0.632. The fourth-order valence-electron chi connectivity index (χ4n) is 4.04. The molecule has 0 aromatic carbocycles. The Labute approximate surface area is 151 Å². The van der Waals surface area contributed by atoms with Crippen LogP contribution >= 0.6 is 11.3 Å². The number of Topliss-reactive ketones (excluding diaryl/α,β-unsaturated/α-hetero) is 1. The van der Waals surface area contributed by atoms with Crippen LogP contribution in [0.4, 0.5) is 5.00 Å². The number of nitrogens with zero attached hydrogens (tertiary/aromatic N) is 1. The van der Waals surface area contributed by atoms with Crippen molar-refractivity contribution in [2.45, 2.75) is 64.3 Å². The number of carbonyl (C=O) groups is 3. The number of aryl methyl sites for hydroxylation is 1. The smallest absolute Gasteiger partial charge is 0.247 e. The standard InChI is InChI=1S/C19H24N2O3S/c1-2-13(21-10-4-7-15(21)22)18(24)20-19-16(17(23)11-8-9-11)12-5-3-6-14(12)25-19/h11,13H,2-10H2,1H3,(H,20,24). The molecule has 25 heavy (non-hydrogen) atoms. The van der Waals surface area contributed by atoms with Gasteiger partial charge in [-0.3, -0.25) is 14.4 Å². The maximum absolute atomic E-state index is 12.9. The van der Waals surface area contributed by atoms with Crippen molar-refractivity contribution in [3.63, 3.8) is 0 Å². The van der Waals surface area contributed by atoms with Crippen LogP contribution in [0, 0.1) is 5.92 Å². The Hall–Kier alpha value is -1.69. The van der Waals surface area contributed by atoms with Gasteiger partial charge < -0.3 is 10.2 Å². The van der Waals surface area contributed by atoms with Gasteiger partial charge >= 0.3 is 0 Å². The summed E-state index contributed by atoms with van der Waals surface area (Å²) in [6.07, 6.45) is 6.92. The molecule has 1 aromatic heterocycles. The summed E-state index contributed by atoms with van der Waals surface area (Å²) in [4.78, 5) is 40.6. The molecule has 134 valence electrons. The van der Waals surface area contributed by atoms with E-state index in [1.165, 1.54) is 10.4 Å². The van der Waals surface area contributed by atoms with Crippen molar-refractivity contribution < 1.29 is 14.4 Å². The molecule has 3 aliphatic rings. The number of ketones is 1. The van der Waals surface area contributed by atoms with Crippen LogP contribution in [0.25, 0.3) is 0 Å². The van der Waals surface area contributed by atoms with Gasteiger partial charge in [0.25, 0.3) is 0 Å². The molecule has 0 bridgehead atoms. The van der Waals surface area contributed by atoms with Gasteiger partial charge in [-0.25, -0.2) is 0 Å². The molecular formula is C19H24N2O3S. The predicted molar refractivity (Wildman–Crippen MR) is 97.1 cm³/mol. The summed E-state index contributed by atoms with van der Waals surface area (Å²) in [5, 5.41) is 3.74. The summed E-state index contributed by atoms with van der Waals surface area (Å²) in [5.41, 5.74) is 1.94. The van der Waals surface area contributed by atoms with E-state index >= 15 is 0 Å². The molecule has 1 saturated heterocycles. The number of anilines is 1. The molecule has 1 unspecified atom stereocenters. The first-order valence-corrected chi connectivity index (χ1v) is 10.2. The van der Waals surface area contributed by atoms with E-state index < -0.39 is 6.04 Å². The van der Waals surface area contributed by atoms with Gasteiger partial charge in [0, 0.05) is 23.8 Å². The largest absolute Gasteiger partial charge is 0.331 e. The minimum atomic E-state index is -0.434. The minimum absolute atomic E-state index is 0.0601. The fourth-order valence-corrected chi connectivity index (χ4v) is 5.34. The normalized spacial score (nSPS) is 20.7. The number of amides is 2. The zero-order valence-electron chi connectivity index (χ0n) is 14.6. The van der Waals surface area contributed by atoms with Crippen LogP contribution in [0.3, 0.4) is 0 Å². The van der Waals surface area contributed by atoms with E-state index in [0.717, 1.165) is 49.1 Å². The highest BCUT2D eigenvalue weighted by Crippen LogP contribution is 2.44. The minimum Gasteiger partial charge on any atom is -0.331 e. The molecule has 5 nitrogen and oxygen atoms in total. The van der Waals surface area contributed by atoms with Crippen molar-refractivity contribution in [3.8, 4) is 0 Å². The topological polar surface area (TPSA) is 66.5 Å². The molecule has 4 rings (SSSR count). The molecule has 6 heteroatoms. The maximum atomic E-state index is 12.9. The van der Waals surface area contributed by atoms with Gasteiger partial charge in [-0.15, -0.1) is 11.3 Å². The van der Waals surface area contributed by atoms with Crippen LogP contribution in [-0.4, -0.2) is 35.1 Å². The number of hydrogen-bond acceptors (Lipinski definition) is 4. The highest BCUT2D eigenvalue weighted by Gasteiger charge is 2.37. The lowest BCUT2D eigenvalue weighted by atomic mass is 10.0. The van der Waals surface area contributed by atoms with Gasteiger partial charge in [-0.1, -0.05) is 6.92 Å². The summed E-state index contributed by atoms with van der Waals surface area (Å²) in [6, 6.07) is -0.434. The number of likely N-dealkylation sites (tertiary alicyclic amines) is 1. The van der Waals surface area contributed by atoms with E-state index in [1.54, 1.807) is 16.2 Å². The Bertz CT molecular complexity index is 735. The lowest BCUT2D eigenvalue weighted by Crippen LogP contribution is -2.44. The molecule has 1 aromatic rings. The molecule has 2 amide bonds. The summed E-state index contributed by atoms with van der Waals surface area (Å²) >= 11 is 1.57. The number of thiophene rings is 1. The van der Waals surface area contributed by atoms with E-state index in [9.17, 15) is 14.4 Å². The Balaban J connectivity index is 1.58. The van der Waals surface area contributed by atoms with Crippen molar-refractivity contribution in [2.24, 2.45) is 5.92 Å². The molecule has 0 spiro atoms. The molecule has 1 N–H and O–H groups in total. The lowest BCUT2D eigenvalue weighted by molar-refractivity contribution is -0.135. The Morgan fingerprint density at radius 2 is 2.04 bits per heavy atom. The lowest BCUT2D eigenvalue weighted by Gasteiger charge is -2.25. The van der Waals surface area contributed by atoms with Gasteiger partial charge in [-0.2, -0.15) is 0 Å². The summed E-state index contributed by atoms with van der Waals surface area (Å²) in [7, 11) is 0. The predicted octanol–water partition coefficient (Wildman–Crippen LogP) is 3.17. The number of rotatable bonds is 6. The maximum Gasteiger partial charge on any atom is 0.247 e. The van der Waals surface area contributed by atoms with Crippen LogP contribution < -0.4 is 5.32 Å². The van der Waals surface area contributed by atoms with E-state index in [0.29, 0.717) is 19.4 Å². The molecule has 0 radical (unpaired) electrons. The van der Waals surface area contributed by atoms with Crippen LogP contribution in [0.1, 0.15) is 66.2 Å². The monoisotopic (exact) mass is 360 g/mol. The molecule has 1 saturated carbocycles. The van der Waals surface area contributed by atoms with Crippen LogP contribution in [0.2, 0.25) is 0 Å². The molecule has 1 atom stereocenters. The van der Waals surface area contributed by atoms with Gasteiger partial charge in [0.2, 0.25) is 11.8 Å². The van der Waals surface area contributed by atoms with Crippen molar-refractivity contribution in [3.05, 3.63) is 16.0 Å². The van der Waals surface area contributed by atoms with Crippen molar-refractivity contribution >= 4 is 33.9 Å². The van der Waals surface area contributed by atoms with E-state index in [2.05, 4.69) is 5.32 Å². The Morgan fingerprint density at radius 3 is 2.68 bits per heavy atom. The molecular weight excluding hydrogens is 336 g/mol. The Morgan fingerprint density at radius 1 is 1.24 bits per heavy atom. The molecule has 2 aliphatic carbocycles. The van der Waals surface area contributed by atoms with Gasteiger partial charge in [-0.05, 0) is 50.5 Å².